The summed E-state index contributed by atoms with van der Waals surface area (Å²) in [5.74, 6) is 0.138. The number of allylic oxidation sites excluding steroid dienone is 3. The van der Waals surface area contributed by atoms with E-state index in [9.17, 15) is 18.0 Å². The van der Waals surface area contributed by atoms with Gasteiger partial charge in [0.05, 0.1) is 0 Å². The zero-order valence-corrected chi connectivity index (χ0v) is 16.1. The normalized spacial score (nSPS) is 20.6. The number of likely N-dealkylation sites (N-methyl/N-ethyl adjacent to an activating group) is 1. The monoisotopic (exact) mass is 411 g/mol. The number of nitrogens with zero attached hydrogens (tertiary/aromatic N) is 2. The summed E-state index contributed by atoms with van der Waals surface area (Å²) in [4.78, 5) is 14.1. The summed E-state index contributed by atoms with van der Waals surface area (Å²) in [6.45, 7) is 3.39. The van der Waals surface area contributed by atoms with E-state index in [2.05, 4.69) is 10.3 Å². The molecule has 1 N–H and O–H groups in total. The van der Waals surface area contributed by atoms with Crippen LogP contribution in [-0.2, 0) is 11.2 Å². The number of piperazine rings is 1. The molecule has 3 rings (SSSR count). The van der Waals surface area contributed by atoms with Crippen molar-refractivity contribution in [1.29, 1.82) is 0 Å². The van der Waals surface area contributed by atoms with Crippen molar-refractivity contribution in [3.63, 3.8) is 0 Å². The Morgan fingerprint density at radius 1 is 1.21 bits per heavy atom. The molecule has 1 unspecified atom stereocenters. The number of aryl methyl sites for hydroxylation is 1. The smallest absolute Gasteiger partial charge is 0.447 e. The fourth-order valence-corrected chi connectivity index (χ4v) is 2.99. The highest BCUT2D eigenvalue weighted by Crippen LogP contribution is 2.36. The second-order valence-corrected chi connectivity index (χ2v) is 6.97. The van der Waals surface area contributed by atoms with Gasteiger partial charge in [0.1, 0.15) is 11.5 Å². The quantitative estimate of drug-likeness (QED) is 0.576. The molecule has 6 nitrogen and oxygen atoms in total. The fourth-order valence-electron chi connectivity index (χ4n) is 2.99. The number of hydrazine groups is 1. The molecule has 0 aliphatic carbocycles. The van der Waals surface area contributed by atoms with Gasteiger partial charge in [-0.05, 0) is 31.5 Å². The highest BCUT2D eigenvalue weighted by atomic mass is 19.4. The van der Waals surface area contributed by atoms with Crippen molar-refractivity contribution in [2.24, 2.45) is 0 Å². The first-order valence-electron chi connectivity index (χ1n) is 9.41. The molecule has 0 aromatic heterocycles. The first-order valence-corrected chi connectivity index (χ1v) is 9.41. The van der Waals surface area contributed by atoms with Gasteiger partial charge in [-0.2, -0.15) is 13.2 Å². The molecule has 9 heteroatoms. The molecule has 2 aliphatic rings. The lowest BCUT2D eigenvalue weighted by Gasteiger charge is -2.31. The standard InChI is InChI=1S/C20H24F3N3O3/c1-25-10-12-26(13-11-25)24-18(27)7-5-3-2-4-6-15-8-9-16-14-17(15)29-19(28-16)20(21,22)23/h2-3,5,7-9,14,19H,4,6,10-13H2,1H3,(H,24,27)/b3-2+,7-5+. The SMILES string of the molecule is CN1CCN(NC(=O)/C=C/C=C/CCc2ccc3cc2OC(C(F)(F)F)O3)CC1. The largest absolute Gasteiger partial charge is 0.464 e. The van der Waals surface area contributed by atoms with Gasteiger partial charge in [-0.15, -0.1) is 0 Å². The molecule has 1 amide bonds. The Bertz CT molecular complexity index is 772. The zero-order valence-electron chi connectivity index (χ0n) is 16.1. The third-order valence-corrected chi connectivity index (χ3v) is 4.63. The Hall–Kier alpha value is -2.52. The molecule has 2 aliphatic heterocycles. The Morgan fingerprint density at radius 2 is 1.97 bits per heavy atom. The van der Waals surface area contributed by atoms with Crippen LogP contribution in [0.3, 0.4) is 0 Å². The number of amides is 1. The van der Waals surface area contributed by atoms with Crippen LogP contribution in [0.25, 0.3) is 0 Å². The van der Waals surface area contributed by atoms with Gasteiger partial charge in [0.25, 0.3) is 5.91 Å². The topological polar surface area (TPSA) is 54.0 Å². The van der Waals surface area contributed by atoms with Crippen LogP contribution >= 0.6 is 0 Å². The highest BCUT2D eigenvalue weighted by Gasteiger charge is 2.46. The second kappa shape index (κ2) is 9.32. The molecule has 158 valence electrons. The number of alkyl halides is 3. The molecule has 0 radical (unpaired) electrons. The van der Waals surface area contributed by atoms with E-state index in [0.29, 0.717) is 18.4 Å². The number of carbonyl (C=O) groups is 1. The molecule has 2 bridgehead atoms. The van der Waals surface area contributed by atoms with Crippen LogP contribution in [0.15, 0.2) is 42.5 Å². The minimum absolute atomic E-state index is 0.141. The van der Waals surface area contributed by atoms with E-state index in [-0.39, 0.29) is 17.4 Å². The predicted molar refractivity (Wildman–Crippen MR) is 101 cm³/mol. The second-order valence-electron chi connectivity index (χ2n) is 6.97. The van der Waals surface area contributed by atoms with Gasteiger partial charge < -0.3 is 14.4 Å². The Balaban J connectivity index is 1.42. The number of ether oxygens (including phenoxy) is 2. The molecular formula is C20H24F3N3O3. The minimum Gasteiger partial charge on any atom is -0.447 e. The van der Waals surface area contributed by atoms with Gasteiger partial charge in [0.15, 0.2) is 0 Å². The van der Waals surface area contributed by atoms with Gasteiger partial charge in [-0.1, -0.05) is 24.3 Å². The molecule has 1 atom stereocenters. The van der Waals surface area contributed by atoms with E-state index in [0.717, 1.165) is 26.2 Å². The van der Waals surface area contributed by atoms with Crippen LogP contribution in [0.5, 0.6) is 11.5 Å². The van der Waals surface area contributed by atoms with Crippen LogP contribution in [0.1, 0.15) is 12.0 Å². The number of halogens is 3. The van der Waals surface area contributed by atoms with Crippen molar-refractivity contribution in [3.8, 4) is 11.5 Å². The maximum absolute atomic E-state index is 12.8. The summed E-state index contributed by atoms with van der Waals surface area (Å²) in [6, 6.07) is 4.67. The first kappa shape index (κ1) is 21.2. The predicted octanol–water partition coefficient (Wildman–Crippen LogP) is 2.67. The van der Waals surface area contributed by atoms with Crippen molar-refractivity contribution in [1.82, 2.24) is 15.3 Å². The molecule has 2 heterocycles. The average Bonchev–Trinajstić information content (AvgIpc) is 2.67. The number of nitrogens with one attached hydrogen (secondary N) is 1. The molecule has 0 saturated carbocycles. The number of hydrogen-bond donors (Lipinski definition) is 1. The van der Waals surface area contributed by atoms with E-state index in [1.165, 1.54) is 18.2 Å². The fraction of sp³-hybridized carbons (Fsp3) is 0.450. The number of hydrogen-bond acceptors (Lipinski definition) is 5. The number of fused-ring (bicyclic) bond motifs is 2. The Kier molecular flexibility index (Phi) is 6.81. The van der Waals surface area contributed by atoms with Gasteiger partial charge in [-0.3, -0.25) is 10.2 Å². The van der Waals surface area contributed by atoms with Crippen LogP contribution in [0.2, 0.25) is 0 Å². The summed E-state index contributed by atoms with van der Waals surface area (Å²) in [5.41, 5.74) is 3.50. The number of benzene rings is 1. The van der Waals surface area contributed by atoms with Crippen molar-refractivity contribution in [3.05, 3.63) is 48.1 Å². The average molecular weight is 411 g/mol. The molecule has 1 aromatic carbocycles. The van der Waals surface area contributed by atoms with Crippen molar-refractivity contribution < 1.29 is 27.4 Å². The lowest BCUT2D eigenvalue weighted by molar-refractivity contribution is -0.257. The van der Waals surface area contributed by atoms with Crippen LogP contribution in [0, 0.1) is 0 Å². The molecule has 1 fully saturated rings. The summed E-state index contributed by atoms with van der Waals surface area (Å²) in [5, 5.41) is 1.89. The van der Waals surface area contributed by atoms with Gasteiger partial charge in [0, 0.05) is 38.3 Å². The van der Waals surface area contributed by atoms with Crippen LogP contribution < -0.4 is 14.9 Å². The van der Waals surface area contributed by atoms with E-state index >= 15 is 0 Å². The molecule has 1 aromatic rings. The number of rotatable bonds is 6. The summed E-state index contributed by atoms with van der Waals surface area (Å²) >= 11 is 0. The van der Waals surface area contributed by atoms with Crippen LogP contribution in [-0.4, -0.2) is 61.5 Å². The van der Waals surface area contributed by atoms with Gasteiger partial charge in [0.2, 0.25) is 0 Å². The van der Waals surface area contributed by atoms with E-state index in [1.54, 1.807) is 18.2 Å². The van der Waals surface area contributed by atoms with Gasteiger partial charge in [-0.25, -0.2) is 5.01 Å². The highest BCUT2D eigenvalue weighted by molar-refractivity contribution is 5.87. The third-order valence-electron chi connectivity index (χ3n) is 4.63. The third kappa shape index (κ3) is 6.23. The van der Waals surface area contributed by atoms with Gasteiger partial charge >= 0.3 is 12.5 Å². The lowest BCUT2D eigenvalue weighted by Crippen LogP contribution is -2.52. The zero-order chi connectivity index (χ0) is 20.9. The first-order chi connectivity index (χ1) is 13.8. The van der Waals surface area contributed by atoms with Crippen LogP contribution in [0.4, 0.5) is 13.2 Å². The molecule has 1 saturated heterocycles. The number of carbonyl (C=O) groups excluding carboxylic acids is 1. The lowest BCUT2D eigenvalue weighted by atomic mass is 10.1. The van der Waals surface area contributed by atoms with E-state index in [4.69, 9.17) is 9.47 Å². The summed E-state index contributed by atoms with van der Waals surface area (Å²) in [6.07, 6.45) is 0.929. The molecule has 0 spiro atoms. The Morgan fingerprint density at radius 3 is 2.69 bits per heavy atom. The van der Waals surface area contributed by atoms with E-state index < -0.39 is 12.5 Å². The molecule has 29 heavy (non-hydrogen) atoms. The van der Waals surface area contributed by atoms with E-state index in [1.807, 2.05) is 18.1 Å². The summed E-state index contributed by atoms with van der Waals surface area (Å²) < 4.78 is 48.1. The van der Waals surface area contributed by atoms with Crippen molar-refractivity contribution in [2.75, 3.05) is 33.2 Å². The maximum Gasteiger partial charge on any atom is 0.464 e. The molecular weight excluding hydrogens is 387 g/mol. The summed E-state index contributed by atoms with van der Waals surface area (Å²) in [7, 11) is 2.04. The van der Waals surface area contributed by atoms with Crippen molar-refractivity contribution in [2.45, 2.75) is 25.3 Å². The maximum atomic E-state index is 12.8. The van der Waals surface area contributed by atoms with Crippen molar-refractivity contribution >= 4 is 5.91 Å². The minimum atomic E-state index is -4.59. The Labute approximate surface area is 167 Å².